The maximum Gasteiger partial charge on any atom is 0.188 e. The number of halogens is 1. The topological polar surface area (TPSA) is 75.3 Å². The summed E-state index contributed by atoms with van der Waals surface area (Å²) in [5.41, 5.74) is 7.20. The van der Waals surface area contributed by atoms with Crippen molar-refractivity contribution in [2.45, 2.75) is 12.8 Å². The summed E-state index contributed by atoms with van der Waals surface area (Å²) in [5, 5.41) is 3.24. The number of para-hydroxylation sites is 2. The summed E-state index contributed by atoms with van der Waals surface area (Å²) in [7, 11) is 1.72. The highest BCUT2D eigenvalue weighted by atomic mass is 127. The quantitative estimate of drug-likeness (QED) is 0.244. The first-order valence-corrected chi connectivity index (χ1v) is 9.98. The molecule has 0 radical (unpaired) electrons. The number of rotatable bonds is 8. The molecule has 0 aromatic heterocycles. The van der Waals surface area contributed by atoms with Crippen molar-refractivity contribution in [1.29, 1.82) is 0 Å². The molecule has 0 amide bonds. The third-order valence-corrected chi connectivity index (χ3v) is 5.29. The molecular weight excluding hydrogens is 469 g/mol. The molecule has 7 nitrogen and oxygen atoms in total. The van der Waals surface area contributed by atoms with Crippen LogP contribution in [0.2, 0.25) is 0 Å². The Morgan fingerprint density at radius 2 is 2.07 bits per heavy atom. The highest BCUT2D eigenvalue weighted by Gasteiger charge is 2.24. The maximum absolute atomic E-state index is 6.03. The zero-order valence-corrected chi connectivity index (χ0v) is 19.1. The van der Waals surface area contributed by atoms with E-state index in [4.69, 9.17) is 15.2 Å². The molecule has 1 unspecified atom stereocenters. The number of nitrogens with one attached hydrogen (secondary N) is 1. The number of hydrogen-bond acceptors (Lipinski definition) is 5. The molecule has 2 aliphatic rings. The lowest BCUT2D eigenvalue weighted by molar-refractivity contribution is 0.0376. The van der Waals surface area contributed by atoms with Crippen molar-refractivity contribution in [3.63, 3.8) is 0 Å². The molecule has 0 saturated carbocycles. The number of guanidine groups is 1. The van der Waals surface area contributed by atoms with Gasteiger partial charge in [0.15, 0.2) is 5.96 Å². The molecule has 0 bridgehead atoms. The molecule has 28 heavy (non-hydrogen) atoms. The number of aliphatic imine (C=N–C) groups is 1. The Hall–Kier alpha value is -1.26. The van der Waals surface area contributed by atoms with Crippen LogP contribution in [-0.4, -0.2) is 77.0 Å². The van der Waals surface area contributed by atoms with Crippen LogP contribution in [0.3, 0.4) is 0 Å². The van der Waals surface area contributed by atoms with Crippen LogP contribution in [0.1, 0.15) is 12.8 Å². The van der Waals surface area contributed by atoms with Crippen LogP contribution in [0.25, 0.3) is 0 Å². The normalized spacial score (nSPS) is 20.7. The number of nitrogens with two attached hydrogens (primary N) is 1. The van der Waals surface area contributed by atoms with Crippen LogP contribution in [0.5, 0.6) is 5.75 Å². The molecule has 0 spiro atoms. The van der Waals surface area contributed by atoms with Crippen molar-refractivity contribution in [2.24, 2.45) is 16.6 Å². The molecule has 1 aromatic carbocycles. The van der Waals surface area contributed by atoms with E-state index < -0.39 is 0 Å². The second-order valence-corrected chi connectivity index (χ2v) is 7.23. The van der Waals surface area contributed by atoms with E-state index in [9.17, 15) is 0 Å². The fourth-order valence-corrected chi connectivity index (χ4v) is 3.72. The largest absolute Gasteiger partial charge is 0.495 e. The van der Waals surface area contributed by atoms with E-state index in [0.717, 1.165) is 77.6 Å². The van der Waals surface area contributed by atoms with Crippen molar-refractivity contribution in [1.82, 2.24) is 10.2 Å². The molecule has 3 N–H and O–H groups in total. The minimum Gasteiger partial charge on any atom is -0.495 e. The van der Waals surface area contributed by atoms with Gasteiger partial charge < -0.3 is 25.4 Å². The molecule has 2 saturated heterocycles. The lowest BCUT2D eigenvalue weighted by Gasteiger charge is -2.26. The van der Waals surface area contributed by atoms with Crippen LogP contribution in [-0.2, 0) is 4.74 Å². The van der Waals surface area contributed by atoms with E-state index in [-0.39, 0.29) is 24.0 Å². The van der Waals surface area contributed by atoms with Crippen LogP contribution in [0.15, 0.2) is 29.3 Å². The van der Waals surface area contributed by atoms with E-state index >= 15 is 0 Å². The Balaban J connectivity index is 0.00000280. The Morgan fingerprint density at radius 3 is 2.86 bits per heavy atom. The van der Waals surface area contributed by atoms with Gasteiger partial charge in [-0.1, -0.05) is 12.1 Å². The third kappa shape index (κ3) is 6.97. The van der Waals surface area contributed by atoms with Crippen LogP contribution < -0.4 is 20.7 Å². The van der Waals surface area contributed by atoms with Gasteiger partial charge in [0.25, 0.3) is 0 Å². The summed E-state index contributed by atoms with van der Waals surface area (Å²) in [5.74, 6) is 2.03. The molecule has 8 heteroatoms. The molecule has 1 atom stereocenters. The van der Waals surface area contributed by atoms with Gasteiger partial charge in [-0.25, -0.2) is 0 Å². The highest BCUT2D eigenvalue weighted by molar-refractivity contribution is 14.0. The van der Waals surface area contributed by atoms with Crippen LogP contribution in [0, 0.1) is 5.92 Å². The zero-order chi connectivity index (χ0) is 18.9. The number of benzene rings is 1. The maximum atomic E-state index is 6.03. The lowest BCUT2D eigenvalue weighted by Crippen LogP contribution is -2.39. The van der Waals surface area contributed by atoms with Gasteiger partial charge in [-0.2, -0.15) is 0 Å². The highest BCUT2D eigenvalue weighted by Crippen LogP contribution is 2.31. The second kappa shape index (κ2) is 12.3. The van der Waals surface area contributed by atoms with Gasteiger partial charge in [0.05, 0.1) is 26.0 Å². The van der Waals surface area contributed by atoms with Gasteiger partial charge in [0, 0.05) is 39.3 Å². The Bertz CT molecular complexity index is 610. The van der Waals surface area contributed by atoms with E-state index in [2.05, 4.69) is 32.2 Å². The molecule has 158 valence electrons. The van der Waals surface area contributed by atoms with Gasteiger partial charge >= 0.3 is 0 Å². The van der Waals surface area contributed by atoms with Gasteiger partial charge in [0.1, 0.15) is 5.75 Å². The number of methoxy groups -OCH3 is 1. The summed E-state index contributed by atoms with van der Waals surface area (Å²) >= 11 is 0. The molecule has 3 rings (SSSR count). The van der Waals surface area contributed by atoms with Crippen molar-refractivity contribution < 1.29 is 9.47 Å². The molecular formula is C20H34IN5O2. The summed E-state index contributed by atoms with van der Waals surface area (Å²) in [4.78, 5) is 9.37. The lowest BCUT2D eigenvalue weighted by atomic mass is 10.1. The average Bonchev–Trinajstić information content (AvgIpc) is 3.19. The summed E-state index contributed by atoms with van der Waals surface area (Å²) in [6, 6.07) is 8.20. The van der Waals surface area contributed by atoms with Gasteiger partial charge in [0.2, 0.25) is 0 Å². The van der Waals surface area contributed by atoms with E-state index in [1.54, 1.807) is 7.11 Å². The van der Waals surface area contributed by atoms with E-state index in [0.29, 0.717) is 11.9 Å². The minimum absolute atomic E-state index is 0. The predicted molar refractivity (Wildman–Crippen MR) is 125 cm³/mol. The standard InChI is InChI=1S/C20H33N5O2.HI/c1-26-19-6-3-2-5-18(19)25-10-7-17(16-25)15-23-20(21)22-8-4-9-24-11-13-27-14-12-24;/h2-3,5-6,17H,4,7-16H2,1H3,(H3,21,22,23);1H. The number of morpholine rings is 1. The number of anilines is 1. The molecule has 2 heterocycles. The Labute approximate surface area is 185 Å². The van der Waals surface area contributed by atoms with Gasteiger partial charge in [-0.15, -0.1) is 24.0 Å². The smallest absolute Gasteiger partial charge is 0.188 e. The minimum atomic E-state index is 0. The third-order valence-electron chi connectivity index (χ3n) is 5.29. The second-order valence-electron chi connectivity index (χ2n) is 7.23. The van der Waals surface area contributed by atoms with E-state index in [1.165, 1.54) is 5.69 Å². The van der Waals surface area contributed by atoms with E-state index in [1.807, 2.05) is 12.1 Å². The molecule has 1 aromatic rings. The molecule has 2 aliphatic heterocycles. The number of ether oxygens (including phenoxy) is 2. The summed E-state index contributed by atoms with van der Waals surface area (Å²) in [6.45, 7) is 8.52. The SMILES string of the molecule is COc1ccccc1N1CCC(CN=C(N)NCCCN2CCOCC2)C1.I. The molecule has 2 fully saturated rings. The predicted octanol–water partition coefficient (Wildman–Crippen LogP) is 1.77. The first kappa shape index (κ1) is 23.0. The van der Waals surface area contributed by atoms with Crippen molar-refractivity contribution in [3.05, 3.63) is 24.3 Å². The van der Waals surface area contributed by atoms with Crippen LogP contribution in [0.4, 0.5) is 5.69 Å². The molecule has 0 aliphatic carbocycles. The summed E-state index contributed by atoms with van der Waals surface area (Å²) in [6.07, 6.45) is 2.20. The van der Waals surface area contributed by atoms with Crippen molar-refractivity contribution in [2.75, 3.05) is 71.0 Å². The Morgan fingerprint density at radius 1 is 1.29 bits per heavy atom. The van der Waals surface area contributed by atoms with Crippen molar-refractivity contribution in [3.8, 4) is 5.75 Å². The number of nitrogens with zero attached hydrogens (tertiary/aromatic N) is 3. The van der Waals surface area contributed by atoms with Gasteiger partial charge in [-0.3, -0.25) is 9.89 Å². The zero-order valence-electron chi connectivity index (χ0n) is 16.8. The average molecular weight is 503 g/mol. The van der Waals surface area contributed by atoms with Crippen molar-refractivity contribution >= 4 is 35.6 Å². The Kier molecular flexibility index (Phi) is 10.1. The summed E-state index contributed by atoms with van der Waals surface area (Å²) < 4.78 is 10.8. The first-order chi connectivity index (χ1) is 13.3. The van der Waals surface area contributed by atoms with Gasteiger partial charge in [-0.05, 0) is 37.4 Å². The number of hydrogen-bond donors (Lipinski definition) is 2. The first-order valence-electron chi connectivity index (χ1n) is 9.98. The van der Waals surface area contributed by atoms with Crippen LogP contribution >= 0.6 is 24.0 Å². The fraction of sp³-hybridized carbons (Fsp3) is 0.650. The monoisotopic (exact) mass is 503 g/mol. The fourth-order valence-electron chi connectivity index (χ4n) is 3.72.